The molecule has 3 heterocycles. The molecular weight excluding hydrogens is 432 g/mol. The SMILES string of the molecule is O=C1CCc2cc(OCCCC(=O)N3CCN(S(=O)(=O)c4cccnc4)CC3)ccc2N1. The van der Waals surface area contributed by atoms with Crippen molar-refractivity contribution in [2.24, 2.45) is 0 Å². The fourth-order valence-electron chi connectivity index (χ4n) is 3.85. The van der Waals surface area contributed by atoms with Crippen LogP contribution >= 0.6 is 0 Å². The Morgan fingerprint density at radius 2 is 1.94 bits per heavy atom. The van der Waals surface area contributed by atoms with Crippen LogP contribution in [-0.2, 0) is 26.0 Å². The minimum Gasteiger partial charge on any atom is -0.494 e. The van der Waals surface area contributed by atoms with E-state index in [0.29, 0.717) is 45.4 Å². The number of hydrogen-bond acceptors (Lipinski definition) is 6. The van der Waals surface area contributed by atoms with Gasteiger partial charge in [-0.2, -0.15) is 4.31 Å². The lowest BCUT2D eigenvalue weighted by molar-refractivity contribution is -0.132. The van der Waals surface area contributed by atoms with E-state index < -0.39 is 10.0 Å². The van der Waals surface area contributed by atoms with Gasteiger partial charge in [-0.15, -0.1) is 0 Å². The molecule has 170 valence electrons. The zero-order valence-electron chi connectivity index (χ0n) is 17.7. The quantitative estimate of drug-likeness (QED) is 0.632. The summed E-state index contributed by atoms with van der Waals surface area (Å²) in [5.41, 5.74) is 1.88. The molecular formula is C22H26N4O5S. The number of anilines is 1. The molecule has 0 bridgehead atoms. The van der Waals surface area contributed by atoms with Crippen LogP contribution < -0.4 is 10.1 Å². The average molecular weight is 459 g/mol. The Kier molecular flexibility index (Phi) is 6.71. The molecule has 1 saturated heterocycles. The van der Waals surface area contributed by atoms with Crippen LogP contribution in [0.15, 0.2) is 47.6 Å². The van der Waals surface area contributed by atoms with Gasteiger partial charge in [0.2, 0.25) is 21.8 Å². The third-order valence-electron chi connectivity index (χ3n) is 5.64. The van der Waals surface area contributed by atoms with Gasteiger partial charge in [-0.25, -0.2) is 8.42 Å². The molecule has 0 unspecified atom stereocenters. The Morgan fingerprint density at radius 1 is 1.12 bits per heavy atom. The molecule has 2 aliphatic rings. The number of nitrogens with one attached hydrogen (secondary N) is 1. The Hall–Kier alpha value is -2.98. The molecule has 0 spiro atoms. The molecule has 2 aromatic rings. The van der Waals surface area contributed by atoms with Crippen molar-refractivity contribution < 1.29 is 22.7 Å². The number of piperazine rings is 1. The Bertz CT molecular complexity index is 1080. The van der Waals surface area contributed by atoms with E-state index in [2.05, 4.69) is 10.3 Å². The highest BCUT2D eigenvalue weighted by atomic mass is 32.2. The monoisotopic (exact) mass is 458 g/mol. The van der Waals surface area contributed by atoms with Gasteiger partial charge in [0.15, 0.2) is 0 Å². The molecule has 9 nitrogen and oxygen atoms in total. The van der Waals surface area contributed by atoms with Crippen molar-refractivity contribution in [1.82, 2.24) is 14.2 Å². The van der Waals surface area contributed by atoms with Crippen LogP contribution in [0.2, 0.25) is 0 Å². The van der Waals surface area contributed by atoms with Gasteiger partial charge in [-0.05, 0) is 48.7 Å². The number of fused-ring (bicyclic) bond motifs is 1. The molecule has 0 radical (unpaired) electrons. The van der Waals surface area contributed by atoms with Gasteiger partial charge in [0.25, 0.3) is 0 Å². The van der Waals surface area contributed by atoms with Gasteiger partial charge < -0.3 is 15.0 Å². The molecule has 10 heteroatoms. The molecule has 0 saturated carbocycles. The molecule has 1 aromatic carbocycles. The lowest BCUT2D eigenvalue weighted by atomic mass is 10.0. The highest BCUT2D eigenvalue weighted by Gasteiger charge is 2.30. The number of pyridine rings is 1. The molecule has 0 aliphatic carbocycles. The zero-order valence-corrected chi connectivity index (χ0v) is 18.5. The summed E-state index contributed by atoms with van der Waals surface area (Å²) < 4.78 is 32.5. The van der Waals surface area contributed by atoms with Crippen LogP contribution in [-0.4, -0.2) is 67.2 Å². The van der Waals surface area contributed by atoms with Crippen molar-refractivity contribution >= 4 is 27.5 Å². The second kappa shape index (κ2) is 9.66. The molecule has 2 amide bonds. The maximum Gasteiger partial charge on any atom is 0.244 e. The lowest BCUT2D eigenvalue weighted by Crippen LogP contribution is -2.50. The topological polar surface area (TPSA) is 109 Å². The molecule has 1 N–H and O–H groups in total. The van der Waals surface area contributed by atoms with Gasteiger partial charge in [-0.3, -0.25) is 14.6 Å². The standard InChI is InChI=1S/C22H26N4O5S/c27-21-8-5-17-15-18(6-7-20(17)24-21)31-14-2-4-22(28)25-10-12-26(13-11-25)32(29,30)19-3-1-9-23-16-19/h1,3,6-7,9,15-16H,2,4-5,8,10-14H2,(H,24,27). The van der Waals surface area contributed by atoms with Crippen molar-refractivity contribution in [3.63, 3.8) is 0 Å². The summed E-state index contributed by atoms with van der Waals surface area (Å²) in [5.74, 6) is 0.752. The molecule has 32 heavy (non-hydrogen) atoms. The van der Waals surface area contributed by atoms with Gasteiger partial charge in [0, 0.05) is 57.1 Å². The van der Waals surface area contributed by atoms with Crippen molar-refractivity contribution in [3.05, 3.63) is 48.3 Å². The van der Waals surface area contributed by atoms with Gasteiger partial charge in [0.1, 0.15) is 10.6 Å². The summed E-state index contributed by atoms with van der Waals surface area (Å²) >= 11 is 0. The number of aromatic nitrogens is 1. The number of carbonyl (C=O) groups excluding carboxylic acids is 2. The van der Waals surface area contributed by atoms with Crippen LogP contribution in [0.25, 0.3) is 0 Å². The van der Waals surface area contributed by atoms with Crippen molar-refractivity contribution in [3.8, 4) is 5.75 Å². The fraction of sp³-hybridized carbons (Fsp3) is 0.409. The number of carbonyl (C=O) groups is 2. The maximum absolute atomic E-state index is 12.7. The first-order chi connectivity index (χ1) is 15.4. The predicted octanol–water partition coefficient (Wildman–Crippen LogP) is 1.66. The number of aryl methyl sites for hydroxylation is 1. The van der Waals surface area contributed by atoms with E-state index in [0.717, 1.165) is 17.0 Å². The van der Waals surface area contributed by atoms with Crippen LogP contribution in [0.5, 0.6) is 5.75 Å². The Labute approximate surface area is 187 Å². The van der Waals surface area contributed by atoms with E-state index >= 15 is 0 Å². The maximum atomic E-state index is 12.7. The summed E-state index contributed by atoms with van der Waals surface area (Å²) in [6.45, 7) is 1.69. The van der Waals surface area contributed by atoms with Crippen molar-refractivity contribution in [1.29, 1.82) is 0 Å². The number of ether oxygens (including phenoxy) is 1. The van der Waals surface area contributed by atoms with E-state index in [1.807, 2.05) is 18.2 Å². The minimum atomic E-state index is -3.58. The lowest BCUT2D eigenvalue weighted by Gasteiger charge is -2.34. The van der Waals surface area contributed by atoms with E-state index in [1.54, 1.807) is 11.0 Å². The van der Waals surface area contributed by atoms with Crippen LogP contribution in [0.4, 0.5) is 5.69 Å². The van der Waals surface area contributed by atoms with Gasteiger partial charge in [0.05, 0.1) is 6.61 Å². The number of nitrogens with zero attached hydrogens (tertiary/aromatic N) is 3. The third kappa shape index (κ3) is 5.08. The molecule has 1 aromatic heterocycles. The van der Waals surface area contributed by atoms with E-state index in [1.165, 1.54) is 22.8 Å². The summed E-state index contributed by atoms with van der Waals surface area (Å²) in [4.78, 5) is 29.7. The molecule has 2 aliphatic heterocycles. The fourth-order valence-corrected chi connectivity index (χ4v) is 5.23. The smallest absolute Gasteiger partial charge is 0.244 e. The highest BCUT2D eigenvalue weighted by Crippen LogP contribution is 2.27. The molecule has 4 rings (SSSR count). The highest BCUT2D eigenvalue weighted by molar-refractivity contribution is 7.89. The van der Waals surface area contributed by atoms with Crippen LogP contribution in [0, 0.1) is 0 Å². The van der Waals surface area contributed by atoms with E-state index in [-0.39, 0.29) is 29.8 Å². The van der Waals surface area contributed by atoms with E-state index in [9.17, 15) is 18.0 Å². The van der Waals surface area contributed by atoms with Crippen LogP contribution in [0.1, 0.15) is 24.8 Å². The summed E-state index contributed by atoms with van der Waals surface area (Å²) in [7, 11) is -3.58. The second-order valence-electron chi connectivity index (χ2n) is 7.79. The minimum absolute atomic E-state index is 0.000166. The summed E-state index contributed by atoms with van der Waals surface area (Å²) in [6.07, 6.45) is 4.95. The Morgan fingerprint density at radius 3 is 2.69 bits per heavy atom. The summed E-state index contributed by atoms with van der Waals surface area (Å²) in [6, 6.07) is 8.70. The first-order valence-corrected chi connectivity index (χ1v) is 12.1. The predicted molar refractivity (Wildman–Crippen MR) is 118 cm³/mol. The third-order valence-corrected chi connectivity index (χ3v) is 7.52. The molecule has 0 atom stereocenters. The molecule has 1 fully saturated rings. The van der Waals surface area contributed by atoms with Crippen LogP contribution in [0.3, 0.4) is 0 Å². The number of benzene rings is 1. The number of hydrogen-bond donors (Lipinski definition) is 1. The normalized spacial score (nSPS) is 16.9. The number of amides is 2. The zero-order chi connectivity index (χ0) is 22.6. The second-order valence-corrected chi connectivity index (χ2v) is 9.73. The largest absolute Gasteiger partial charge is 0.494 e. The van der Waals surface area contributed by atoms with E-state index in [4.69, 9.17) is 4.74 Å². The average Bonchev–Trinajstić information content (AvgIpc) is 2.82. The Balaban J connectivity index is 1.20. The van der Waals surface area contributed by atoms with Gasteiger partial charge >= 0.3 is 0 Å². The van der Waals surface area contributed by atoms with Crippen molar-refractivity contribution in [2.75, 3.05) is 38.1 Å². The first-order valence-electron chi connectivity index (χ1n) is 10.7. The van der Waals surface area contributed by atoms with Crippen molar-refractivity contribution in [2.45, 2.75) is 30.6 Å². The first kappa shape index (κ1) is 22.2. The van der Waals surface area contributed by atoms with Gasteiger partial charge in [-0.1, -0.05) is 0 Å². The number of sulfonamides is 1. The summed E-state index contributed by atoms with van der Waals surface area (Å²) in [5, 5.41) is 2.84. The number of rotatable bonds is 7.